The van der Waals surface area contributed by atoms with Gasteiger partial charge in [-0.05, 0) is 54.8 Å². The van der Waals surface area contributed by atoms with Crippen LogP contribution in [0.1, 0.15) is 20.3 Å². The zero-order valence-corrected chi connectivity index (χ0v) is 14.5. The van der Waals surface area contributed by atoms with Crippen LogP contribution in [0.4, 0.5) is 4.39 Å². The molecule has 0 atom stereocenters. The monoisotopic (exact) mass is 345 g/mol. The van der Waals surface area contributed by atoms with Crippen molar-refractivity contribution in [1.29, 1.82) is 0 Å². The summed E-state index contributed by atoms with van der Waals surface area (Å²) in [7, 11) is -3.69. The Hall–Kier alpha value is -2.40. The summed E-state index contributed by atoms with van der Waals surface area (Å²) < 4.78 is 40.8. The number of allylic oxidation sites excluding steroid dienone is 3. The largest absolute Gasteiger partial charge is 0.280 e. The first-order valence-electron chi connectivity index (χ1n) is 7.68. The third-order valence-electron chi connectivity index (χ3n) is 3.34. The number of rotatable bonds is 6. The van der Waals surface area contributed by atoms with E-state index in [-0.39, 0.29) is 10.7 Å². The van der Waals surface area contributed by atoms with Gasteiger partial charge in [0.05, 0.1) is 4.90 Å². The standard InChI is InChI=1S/C19H20FNO2S/c1-3-6-18(7-4-2)21-24(22,23)19-9-5-8-16(14-19)15-10-12-17(20)13-11-15/h3,5-14,21H,4H2,1-2H3/b6-3-,18-7+. The molecule has 0 fully saturated rings. The second-order valence-corrected chi connectivity index (χ2v) is 6.89. The van der Waals surface area contributed by atoms with E-state index >= 15 is 0 Å². The van der Waals surface area contributed by atoms with Gasteiger partial charge in [-0.25, -0.2) is 12.8 Å². The molecule has 0 aromatic heterocycles. The average molecular weight is 345 g/mol. The normalized spacial score (nSPS) is 12.5. The summed E-state index contributed by atoms with van der Waals surface area (Å²) in [5.41, 5.74) is 2.00. The van der Waals surface area contributed by atoms with E-state index in [1.54, 1.807) is 48.6 Å². The van der Waals surface area contributed by atoms with Crippen LogP contribution in [-0.2, 0) is 10.0 Å². The molecule has 0 spiro atoms. The van der Waals surface area contributed by atoms with Gasteiger partial charge in [0.25, 0.3) is 10.0 Å². The van der Waals surface area contributed by atoms with Gasteiger partial charge in [0.15, 0.2) is 0 Å². The molecule has 1 N–H and O–H groups in total. The number of benzene rings is 2. The second kappa shape index (κ2) is 7.93. The van der Waals surface area contributed by atoms with Crippen LogP contribution in [0.25, 0.3) is 11.1 Å². The van der Waals surface area contributed by atoms with Crippen molar-refractivity contribution in [2.24, 2.45) is 0 Å². The molecule has 2 rings (SSSR count). The van der Waals surface area contributed by atoms with Crippen LogP contribution in [0.2, 0.25) is 0 Å². The van der Waals surface area contributed by atoms with Gasteiger partial charge in [0.2, 0.25) is 0 Å². The predicted octanol–water partition coefficient (Wildman–Crippen LogP) is 4.64. The molecule has 0 saturated carbocycles. The molecule has 0 unspecified atom stereocenters. The predicted molar refractivity (Wildman–Crippen MR) is 95.3 cm³/mol. The molecule has 126 valence electrons. The van der Waals surface area contributed by atoms with E-state index < -0.39 is 10.0 Å². The zero-order chi connectivity index (χ0) is 17.6. The molecule has 0 radical (unpaired) electrons. The van der Waals surface area contributed by atoms with Gasteiger partial charge in [-0.15, -0.1) is 0 Å². The van der Waals surface area contributed by atoms with Crippen molar-refractivity contribution in [1.82, 2.24) is 4.72 Å². The van der Waals surface area contributed by atoms with Crippen LogP contribution < -0.4 is 4.72 Å². The van der Waals surface area contributed by atoms with Gasteiger partial charge >= 0.3 is 0 Å². The van der Waals surface area contributed by atoms with E-state index in [2.05, 4.69) is 4.72 Å². The summed E-state index contributed by atoms with van der Waals surface area (Å²) in [5, 5.41) is 0. The SMILES string of the molecule is C/C=C\C(=C/CC)NS(=O)(=O)c1cccc(-c2ccc(F)cc2)c1. The third-order valence-corrected chi connectivity index (χ3v) is 4.72. The molecule has 0 aliphatic rings. The summed E-state index contributed by atoms with van der Waals surface area (Å²) >= 11 is 0. The lowest BCUT2D eigenvalue weighted by atomic mass is 10.1. The van der Waals surface area contributed by atoms with Crippen molar-refractivity contribution in [2.45, 2.75) is 25.2 Å². The summed E-state index contributed by atoms with van der Waals surface area (Å²) in [4.78, 5) is 0.163. The molecule has 24 heavy (non-hydrogen) atoms. The number of hydrogen-bond donors (Lipinski definition) is 1. The number of halogens is 1. The van der Waals surface area contributed by atoms with Crippen molar-refractivity contribution in [3.63, 3.8) is 0 Å². The number of hydrogen-bond acceptors (Lipinski definition) is 2. The van der Waals surface area contributed by atoms with Crippen LogP contribution in [-0.4, -0.2) is 8.42 Å². The van der Waals surface area contributed by atoms with E-state index in [0.717, 1.165) is 12.0 Å². The molecule has 0 heterocycles. The highest BCUT2D eigenvalue weighted by atomic mass is 32.2. The maximum Gasteiger partial charge on any atom is 0.261 e. The third kappa shape index (κ3) is 4.55. The molecule has 0 aliphatic carbocycles. The maximum absolute atomic E-state index is 13.0. The molecule has 5 heteroatoms. The molecule has 2 aromatic rings. The average Bonchev–Trinajstić information content (AvgIpc) is 2.56. The van der Waals surface area contributed by atoms with Crippen LogP contribution in [0, 0.1) is 5.82 Å². The highest BCUT2D eigenvalue weighted by Gasteiger charge is 2.15. The molecule has 2 aromatic carbocycles. The Morgan fingerprint density at radius 1 is 1.12 bits per heavy atom. The number of sulfonamides is 1. The molecule has 0 bridgehead atoms. The molecule has 0 amide bonds. The van der Waals surface area contributed by atoms with Crippen molar-refractivity contribution in [3.05, 3.63) is 78.3 Å². The van der Waals surface area contributed by atoms with Gasteiger partial charge in [-0.2, -0.15) is 0 Å². The second-order valence-electron chi connectivity index (χ2n) is 5.21. The van der Waals surface area contributed by atoms with E-state index in [4.69, 9.17) is 0 Å². The fourth-order valence-electron chi connectivity index (χ4n) is 2.24. The minimum Gasteiger partial charge on any atom is -0.280 e. The highest BCUT2D eigenvalue weighted by Crippen LogP contribution is 2.23. The van der Waals surface area contributed by atoms with Gasteiger partial charge in [0, 0.05) is 5.70 Å². The van der Waals surface area contributed by atoms with Crippen LogP contribution in [0.15, 0.2) is 77.4 Å². The summed E-state index contributed by atoms with van der Waals surface area (Å²) in [6.07, 6.45) is 6.02. The smallest absolute Gasteiger partial charge is 0.261 e. The topological polar surface area (TPSA) is 46.2 Å². The van der Waals surface area contributed by atoms with Gasteiger partial charge in [0.1, 0.15) is 5.82 Å². The minimum atomic E-state index is -3.69. The van der Waals surface area contributed by atoms with Gasteiger partial charge < -0.3 is 0 Å². The van der Waals surface area contributed by atoms with Crippen molar-refractivity contribution in [3.8, 4) is 11.1 Å². The fourth-order valence-corrected chi connectivity index (χ4v) is 3.36. The Morgan fingerprint density at radius 3 is 2.46 bits per heavy atom. The molecule has 0 saturated heterocycles. The van der Waals surface area contributed by atoms with Crippen molar-refractivity contribution >= 4 is 10.0 Å². The Bertz CT molecular complexity index is 853. The molecular formula is C19H20FNO2S. The number of nitrogens with one attached hydrogen (secondary N) is 1. The summed E-state index contributed by atoms with van der Waals surface area (Å²) in [6.45, 7) is 3.76. The quantitative estimate of drug-likeness (QED) is 0.775. The Morgan fingerprint density at radius 2 is 1.83 bits per heavy atom. The first-order valence-corrected chi connectivity index (χ1v) is 9.16. The maximum atomic E-state index is 13.0. The lowest BCUT2D eigenvalue weighted by molar-refractivity contribution is 0.589. The summed E-state index contributed by atoms with van der Waals surface area (Å²) in [5.74, 6) is -0.329. The zero-order valence-electron chi connectivity index (χ0n) is 13.7. The lowest BCUT2D eigenvalue weighted by Crippen LogP contribution is -2.22. The van der Waals surface area contributed by atoms with Crippen molar-refractivity contribution < 1.29 is 12.8 Å². The fraction of sp³-hybridized carbons (Fsp3) is 0.158. The van der Waals surface area contributed by atoms with E-state index in [1.165, 1.54) is 18.2 Å². The van der Waals surface area contributed by atoms with Crippen LogP contribution in [0.5, 0.6) is 0 Å². The van der Waals surface area contributed by atoms with Crippen molar-refractivity contribution in [2.75, 3.05) is 0 Å². The Balaban J connectivity index is 2.36. The molecule has 0 aliphatic heterocycles. The summed E-state index contributed by atoms with van der Waals surface area (Å²) in [6, 6.07) is 12.5. The van der Waals surface area contributed by atoms with Gasteiger partial charge in [-0.1, -0.05) is 43.3 Å². The molecule has 3 nitrogen and oxygen atoms in total. The van der Waals surface area contributed by atoms with Gasteiger partial charge in [-0.3, -0.25) is 4.72 Å². The first-order chi connectivity index (χ1) is 11.5. The first kappa shape index (κ1) is 17.9. The van der Waals surface area contributed by atoms with E-state index in [0.29, 0.717) is 11.3 Å². The van der Waals surface area contributed by atoms with Crippen LogP contribution in [0.3, 0.4) is 0 Å². The Labute approximate surface area is 142 Å². The Kier molecular flexibility index (Phi) is 5.93. The molecular weight excluding hydrogens is 325 g/mol. The minimum absolute atomic E-state index is 0.163. The van der Waals surface area contributed by atoms with Crippen LogP contribution >= 0.6 is 0 Å². The highest BCUT2D eigenvalue weighted by molar-refractivity contribution is 7.89. The lowest BCUT2D eigenvalue weighted by Gasteiger charge is -2.10. The van der Waals surface area contributed by atoms with E-state index in [9.17, 15) is 12.8 Å². The van der Waals surface area contributed by atoms with E-state index in [1.807, 2.05) is 13.8 Å².